The molecule has 0 aromatic heterocycles. The molecule has 0 amide bonds. The van der Waals surface area contributed by atoms with Crippen molar-refractivity contribution in [3.8, 4) is 0 Å². The van der Waals surface area contributed by atoms with Crippen LogP contribution in [0, 0.1) is 5.41 Å². The summed E-state index contributed by atoms with van der Waals surface area (Å²) in [4.78, 5) is 2.03. The average molecular weight is 154 g/mol. The predicted molar refractivity (Wildman–Crippen MR) is 44.9 cm³/mol. The van der Waals surface area contributed by atoms with Crippen LogP contribution in [0.2, 0.25) is 0 Å². The van der Waals surface area contributed by atoms with Gasteiger partial charge < -0.3 is 9.64 Å². The lowest BCUT2D eigenvalue weighted by Gasteiger charge is -2.28. The first-order valence-electron chi connectivity index (χ1n) is 3.85. The van der Waals surface area contributed by atoms with Crippen LogP contribution in [0.4, 0.5) is 0 Å². The zero-order valence-corrected chi connectivity index (χ0v) is 6.68. The number of hydrogen-bond donors (Lipinski definition) is 1. The minimum absolute atomic E-state index is 0.656. The summed E-state index contributed by atoms with van der Waals surface area (Å²) in [5, 5.41) is 7.58. The maximum Gasteiger partial charge on any atom is 0.0997 e. The summed E-state index contributed by atoms with van der Waals surface area (Å²) >= 11 is 0. The topological polar surface area (TPSA) is 36.3 Å². The molecule has 1 N–H and O–H groups in total. The van der Waals surface area contributed by atoms with Gasteiger partial charge in [0.05, 0.1) is 19.0 Å². The van der Waals surface area contributed by atoms with Crippen molar-refractivity contribution in [1.29, 1.82) is 5.41 Å². The first-order chi connectivity index (χ1) is 5.34. The number of hydrogen-bond acceptors (Lipinski definition) is 2. The molecule has 1 saturated heterocycles. The van der Waals surface area contributed by atoms with E-state index in [2.05, 4.69) is 6.58 Å². The molecule has 0 saturated carbocycles. The second-order valence-electron chi connectivity index (χ2n) is 2.54. The molecule has 0 atom stereocenters. The average Bonchev–Trinajstić information content (AvgIpc) is 2.07. The fourth-order valence-electron chi connectivity index (χ4n) is 1.10. The molecule has 0 aliphatic carbocycles. The molecule has 1 aliphatic heterocycles. The van der Waals surface area contributed by atoms with Crippen molar-refractivity contribution in [2.45, 2.75) is 6.42 Å². The van der Waals surface area contributed by atoms with E-state index in [1.807, 2.05) is 4.90 Å². The minimum atomic E-state index is 0.656. The number of ether oxygens (including phenoxy) is 1. The number of nitrogens with one attached hydrogen (secondary N) is 1. The molecule has 1 fully saturated rings. The molecule has 0 aromatic carbocycles. The number of amidine groups is 1. The zero-order chi connectivity index (χ0) is 8.10. The Labute approximate surface area is 67.2 Å². The first kappa shape index (κ1) is 8.27. The van der Waals surface area contributed by atoms with Crippen molar-refractivity contribution in [3.05, 3.63) is 12.7 Å². The molecule has 0 radical (unpaired) electrons. The molecule has 0 unspecified atom stereocenters. The normalized spacial score (nSPS) is 18.0. The molecule has 62 valence electrons. The van der Waals surface area contributed by atoms with Gasteiger partial charge in [-0.3, -0.25) is 5.41 Å². The van der Waals surface area contributed by atoms with Gasteiger partial charge in [0, 0.05) is 19.5 Å². The molecule has 3 heteroatoms. The quantitative estimate of drug-likeness (QED) is 0.364. The van der Waals surface area contributed by atoms with E-state index in [4.69, 9.17) is 10.1 Å². The molecular formula is C8H14N2O. The summed E-state index contributed by atoms with van der Waals surface area (Å²) in [7, 11) is 0. The van der Waals surface area contributed by atoms with Gasteiger partial charge >= 0.3 is 0 Å². The van der Waals surface area contributed by atoms with Crippen molar-refractivity contribution in [2.24, 2.45) is 0 Å². The Bertz CT molecular complexity index is 150. The highest BCUT2D eigenvalue weighted by molar-refractivity contribution is 5.80. The summed E-state index contributed by atoms with van der Waals surface area (Å²) in [6, 6.07) is 0. The van der Waals surface area contributed by atoms with Crippen LogP contribution in [0.25, 0.3) is 0 Å². The summed E-state index contributed by atoms with van der Waals surface area (Å²) in [6.07, 6.45) is 2.43. The fourth-order valence-corrected chi connectivity index (χ4v) is 1.10. The van der Waals surface area contributed by atoms with E-state index < -0.39 is 0 Å². The summed E-state index contributed by atoms with van der Waals surface area (Å²) in [6.45, 7) is 6.80. The van der Waals surface area contributed by atoms with Crippen molar-refractivity contribution < 1.29 is 4.74 Å². The second kappa shape index (κ2) is 4.13. The van der Waals surface area contributed by atoms with Crippen LogP contribution < -0.4 is 0 Å². The van der Waals surface area contributed by atoms with Crippen molar-refractivity contribution >= 4 is 5.84 Å². The van der Waals surface area contributed by atoms with Crippen LogP contribution in [-0.2, 0) is 4.74 Å². The molecule has 0 spiro atoms. The van der Waals surface area contributed by atoms with Gasteiger partial charge in [-0.05, 0) is 0 Å². The third-order valence-corrected chi connectivity index (χ3v) is 1.73. The lowest BCUT2D eigenvalue weighted by atomic mass is 10.3. The third-order valence-electron chi connectivity index (χ3n) is 1.73. The van der Waals surface area contributed by atoms with Crippen LogP contribution in [0.1, 0.15) is 6.42 Å². The van der Waals surface area contributed by atoms with E-state index in [0.29, 0.717) is 12.3 Å². The number of morpholine rings is 1. The third kappa shape index (κ3) is 2.35. The predicted octanol–water partition coefficient (Wildman–Crippen LogP) is 0.872. The molecule has 1 rings (SSSR count). The number of nitrogens with zero attached hydrogens (tertiary/aromatic N) is 1. The van der Waals surface area contributed by atoms with Gasteiger partial charge in [-0.2, -0.15) is 0 Å². The monoisotopic (exact) mass is 154 g/mol. The first-order valence-corrected chi connectivity index (χ1v) is 3.85. The van der Waals surface area contributed by atoms with Crippen LogP contribution in [-0.4, -0.2) is 37.0 Å². The fraction of sp³-hybridized carbons (Fsp3) is 0.625. The van der Waals surface area contributed by atoms with Crippen LogP contribution in [0.3, 0.4) is 0 Å². The van der Waals surface area contributed by atoms with Crippen molar-refractivity contribution in [1.82, 2.24) is 4.90 Å². The zero-order valence-electron chi connectivity index (χ0n) is 6.68. The van der Waals surface area contributed by atoms with Crippen LogP contribution in [0.15, 0.2) is 12.7 Å². The van der Waals surface area contributed by atoms with E-state index in [1.54, 1.807) is 6.08 Å². The van der Waals surface area contributed by atoms with Crippen molar-refractivity contribution in [2.75, 3.05) is 26.3 Å². The summed E-state index contributed by atoms with van der Waals surface area (Å²) < 4.78 is 5.16. The van der Waals surface area contributed by atoms with Gasteiger partial charge in [0.2, 0.25) is 0 Å². The molecule has 1 heterocycles. The van der Waals surface area contributed by atoms with Gasteiger partial charge in [-0.1, -0.05) is 6.08 Å². The molecule has 1 aliphatic rings. The largest absolute Gasteiger partial charge is 0.378 e. The Morgan fingerprint density at radius 3 is 2.73 bits per heavy atom. The number of rotatable bonds is 2. The minimum Gasteiger partial charge on any atom is -0.378 e. The lowest BCUT2D eigenvalue weighted by molar-refractivity contribution is 0.0671. The van der Waals surface area contributed by atoms with Crippen molar-refractivity contribution in [3.63, 3.8) is 0 Å². The molecule has 11 heavy (non-hydrogen) atoms. The molecule has 3 nitrogen and oxygen atoms in total. The second-order valence-corrected chi connectivity index (χ2v) is 2.54. The lowest BCUT2D eigenvalue weighted by Crippen LogP contribution is -2.40. The molecule has 0 aromatic rings. The Balaban J connectivity index is 2.32. The maximum absolute atomic E-state index is 7.58. The van der Waals surface area contributed by atoms with E-state index >= 15 is 0 Å². The van der Waals surface area contributed by atoms with Gasteiger partial charge in [0.25, 0.3) is 0 Å². The van der Waals surface area contributed by atoms with Crippen LogP contribution in [0.5, 0.6) is 0 Å². The smallest absolute Gasteiger partial charge is 0.0997 e. The van der Waals surface area contributed by atoms with Gasteiger partial charge in [0.15, 0.2) is 0 Å². The van der Waals surface area contributed by atoms with Gasteiger partial charge in [-0.25, -0.2) is 0 Å². The highest BCUT2D eigenvalue weighted by Crippen LogP contribution is 2.00. The van der Waals surface area contributed by atoms with E-state index in [1.165, 1.54) is 0 Å². The van der Waals surface area contributed by atoms with Gasteiger partial charge in [-0.15, -0.1) is 6.58 Å². The highest BCUT2D eigenvalue weighted by atomic mass is 16.5. The summed E-state index contributed by atoms with van der Waals surface area (Å²) in [5.74, 6) is 0.656. The van der Waals surface area contributed by atoms with E-state index in [0.717, 1.165) is 26.3 Å². The highest BCUT2D eigenvalue weighted by Gasteiger charge is 2.11. The molecular weight excluding hydrogens is 140 g/mol. The molecule has 0 bridgehead atoms. The maximum atomic E-state index is 7.58. The Kier molecular flexibility index (Phi) is 3.11. The SMILES string of the molecule is C=CCC(=N)N1CCOCC1. The Morgan fingerprint density at radius 2 is 2.18 bits per heavy atom. The van der Waals surface area contributed by atoms with Crippen LogP contribution >= 0.6 is 0 Å². The van der Waals surface area contributed by atoms with Gasteiger partial charge in [0.1, 0.15) is 0 Å². The van der Waals surface area contributed by atoms with E-state index in [9.17, 15) is 0 Å². The Hall–Kier alpha value is -0.830. The standard InChI is InChI=1S/C8H14N2O/c1-2-3-8(9)10-4-6-11-7-5-10/h2,9H,1,3-7H2. The Morgan fingerprint density at radius 1 is 1.55 bits per heavy atom. The summed E-state index contributed by atoms with van der Waals surface area (Å²) in [5.41, 5.74) is 0. The van der Waals surface area contributed by atoms with E-state index in [-0.39, 0.29) is 0 Å².